The molecule has 0 saturated carbocycles. The number of rotatable bonds is 4. The minimum absolute atomic E-state index is 0.0877. The van der Waals surface area contributed by atoms with Gasteiger partial charge < -0.3 is 9.47 Å². The number of carbonyl (C=O) groups is 2. The van der Waals surface area contributed by atoms with Crippen molar-refractivity contribution in [2.45, 2.75) is 18.9 Å². The highest BCUT2D eigenvalue weighted by atomic mass is 32.1. The van der Waals surface area contributed by atoms with Gasteiger partial charge in [-0.15, -0.1) is 11.3 Å². The van der Waals surface area contributed by atoms with Gasteiger partial charge in [0.05, 0.1) is 15.2 Å². The highest BCUT2D eigenvalue weighted by molar-refractivity contribution is 7.18. The molecule has 7 nitrogen and oxygen atoms in total. The normalized spacial score (nSPS) is 15.3. The maximum atomic E-state index is 12.2. The average molecular weight is 383 g/mol. The fourth-order valence-corrected chi connectivity index (χ4v) is 3.64. The van der Waals surface area contributed by atoms with Gasteiger partial charge in [-0.2, -0.15) is 0 Å². The quantitative estimate of drug-likeness (QED) is 0.675. The van der Waals surface area contributed by atoms with E-state index >= 15 is 0 Å². The van der Waals surface area contributed by atoms with E-state index in [9.17, 15) is 9.59 Å². The average Bonchev–Trinajstić information content (AvgIpc) is 3.13. The van der Waals surface area contributed by atoms with Crippen molar-refractivity contribution in [3.63, 3.8) is 0 Å². The van der Waals surface area contributed by atoms with Crippen molar-refractivity contribution in [1.29, 1.82) is 0 Å². The van der Waals surface area contributed by atoms with Crippen LogP contribution in [0, 0.1) is 0 Å². The van der Waals surface area contributed by atoms with E-state index in [0.717, 1.165) is 15.2 Å². The van der Waals surface area contributed by atoms with Crippen molar-refractivity contribution in [2.24, 2.45) is 0 Å². The van der Waals surface area contributed by atoms with Gasteiger partial charge in [-0.3, -0.25) is 20.4 Å². The van der Waals surface area contributed by atoms with Gasteiger partial charge in [-0.1, -0.05) is 24.3 Å². The lowest BCUT2D eigenvalue weighted by Crippen LogP contribution is -2.50. The number of thiazole rings is 1. The lowest BCUT2D eigenvalue weighted by Gasteiger charge is -2.25. The Bertz CT molecular complexity index is 955. The van der Waals surface area contributed by atoms with Gasteiger partial charge in [-0.05, 0) is 24.3 Å². The summed E-state index contributed by atoms with van der Waals surface area (Å²) < 4.78 is 12.2. The Morgan fingerprint density at radius 2 is 1.85 bits per heavy atom. The fraction of sp³-hybridized carbons (Fsp3) is 0.211. The molecule has 1 aromatic heterocycles. The van der Waals surface area contributed by atoms with Crippen molar-refractivity contribution in [3.05, 3.63) is 53.5 Å². The molecule has 0 saturated heterocycles. The molecule has 0 bridgehead atoms. The molecule has 0 spiro atoms. The molecule has 1 atom stereocenters. The summed E-state index contributed by atoms with van der Waals surface area (Å²) in [5, 5.41) is 0.887. The topological polar surface area (TPSA) is 89.6 Å². The molecule has 2 amide bonds. The highest BCUT2D eigenvalue weighted by Crippen LogP contribution is 2.30. The van der Waals surface area contributed by atoms with Crippen molar-refractivity contribution in [2.75, 3.05) is 6.61 Å². The molecule has 1 unspecified atom stereocenters. The molecule has 2 N–H and O–H groups in total. The molecule has 2 heterocycles. The number of aryl methyl sites for hydroxylation is 1. The van der Waals surface area contributed by atoms with Gasteiger partial charge in [0.2, 0.25) is 12.0 Å². The molecule has 3 aromatic rings. The summed E-state index contributed by atoms with van der Waals surface area (Å²) >= 11 is 1.56. The third-order valence-corrected chi connectivity index (χ3v) is 5.13. The molecule has 1 aliphatic rings. The first kappa shape index (κ1) is 17.3. The number of carbonyl (C=O) groups excluding carboxylic acids is 2. The minimum atomic E-state index is -0.815. The lowest BCUT2D eigenvalue weighted by molar-refractivity contribution is -0.135. The van der Waals surface area contributed by atoms with E-state index in [-0.39, 0.29) is 18.9 Å². The van der Waals surface area contributed by atoms with Gasteiger partial charge in [-0.25, -0.2) is 4.98 Å². The summed E-state index contributed by atoms with van der Waals surface area (Å²) in [6, 6.07) is 15.0. The largest absolute Gasteiger partial charge is 0.485 e. The Hall–Kier alpha value is -3.13. The van der Waals surface area contributed by atoms with Gasteiger partial charge in [0.1, 0.15) is 6.61 Å². The minimum Gasteiger partial charge on any atom is -0.485 e. The summed E-state index contributed by atoms with van der Waals surface area (Å²) in [6.07, 6.45) is -0.0768. The van der Waals surface area contributed by atoms with Gasteiger partial charge in [0.15, 0.2) is 11.5 Å². The molecule has 8 heteroatoms. The number of hydrazine groups is 1. The van der Waals surface area contributed by atoms with Crippen LogP contribution in [0.15, 0.2) is 48.5 Å². The van der Waals surface area contributed by atoms with E-state index in [1.165, 1.54) is 0 Å². The van der Waals surface area contributed by atoms with Gasteiger partial charge >= 0.3 is 0 Å². The highest BCUT2D eigenvalue weighted by Gasteiger charge is 2.27. The predicted molar refractivity (Wildman–Crippen MR) is 101 cm³/mol. The predicted octanol–water partition coefficient (Wildman–Crippen LogP) is 2.22. The van der Waals surface area contributed by atoms with Crippen molar-refractivity contribution in [1.82, 2.24) is 15.8 Å². The molecule has 4 rings (SSSR count). The van der Waals surface area contributed by atoms with Crippen LogP contribution < -0.4 is 20.3 Å². The van der Waals surface area contributed by atoms with E-state index in [1.807, 2.05) is 30.3 Å². The molecule has 0 aliphatic carbocycles. The molecule has 27 heavy (non-hydrogen) atoms. The Morgan fingerprint density at radius 3 is 2.70 bits per heavy atom. The second kappa shape index (κ2) is 7.63. The van der Waals surface area contributed by atoms with Crippen LogP contribution in [0.25, 0.3) is 10.2 Å². The molecule has 138 valence electrons. The van der Waals surface area contributed by atoms with E-state index in [4.69, 9.17) is 9.47 Å². The first-order chi connectivity index (χ1) is 13.2. The third kappa shape index (κ3) is 4.01. The summed E-state index contributed by atoms with van der Waals surface area (Å²) in [5.74, 6) is 0.352. The summed E-state index contributed by atoms with van der Waals surface area (Å²) in [4.78, 5) is 28.6. The smallest absolute Gasteiger partial charge is 0.283 e. The number of para-hydroxylation sites is 3. The van der Waals surface area contributed by atoms with Gasteiger partial charge in [0.25, 0.3) is 5.91 Å². The maximum absolute atomic E-state index is 12.2. The number of hydrogen-bond acceptors (Lipinski definition) is 6. The first-order valence-electron chi connectivity index (χ1n) is 8.51. The first-order valence-corrected chi connectivity index (χ1v) is 9.32. The second-order valence-corrected chi connectivity index (χ2v) is 7.09. The molecule has 1 aliphatic heterocycles. The van der Waals surface area contributed by atoms with Gasteiger partial charge in [0, 0.05) is 12.8 Å². The van der Waals surface area contributed by atoms with Crippen molar-refractivity contribution < 1.29 is 19.1 Å². The Morgan fingerprint density at radius 1 is 1.07 bits per heavy atom. The van der Waals surface area contributed by atoms with Crippen LogP contribution in [0.1, 0.15) is 11.4 Å². The SMILES string of the molecule is O=C(CCc1nc2ccccc2s1)NNC(=O)C1COc2ccccc2O1. The number of fused-ring (bicyclic) bond motifs is 2. The molecule has 0 radical (unpaired) electrons. The van der Waals surface area contributed by atoms with Crippen LogP contribution >= 0.6 is 11.3 Å². The number of ether oxygens (including phenoxy) is 2. The monoisotopic (exact) mass is 383 g/mol. The zero-order valence-corrected chi connectivity index (χ0v) is 15.1. The Balaban J connectivity index is 1.25. The van der Waals surface area contributed by atoms with E-state index in [0.29, 0.717) is 17.9 Å². The Labute approximate surface area is 159 Å². The number of aromatic nitrogens is 1. The van der Waals surface area contributed by atoms with Crippen LogP contribution in [0.3, 0.4) is 0 Å². The zero-order chi connectivity index (χ0) is 18.6. The van der Waals surface area contributed by atoms with E-state index in [2.05, 4.69) is 15.8 Å². The summed E-state index contributed by atoms with van der Waals surface area (Å²) in [6.45, 7) is 0.0877. The van der Waals surface area contributed by atoms with Crippen molar-refractivity contribution >= 4 is 33.4 Å². The van der Waals surface area contributed by atoms with Crippen molar-refractivity contribution in [3.8, 4) is 11.5 Å². The number of benzene rings is 2. The molecule has 2 aromatic carbocycles. The summed E-state index contributed by atoms with van der Waals surface area (Å²) in [5.41, 5.74) is 5.73. The van der Waals surface area contributed by atoms with Crippen LogP contribution in [0.4, 0.5) is 0 Å². The number of nitrogens with one attached hydrogen (secondary N) is 2. The van der Waals surface area contributed by atoms with E-state index in [1.54, 1.807) is 29.5 Å². The fourth-order valence-electron chi connectivity index (χ4n) is 2.67. The number of hydrogen-bond donors (Lipinski definition) is 2. The van der Waals surface area contributed by atoms with Crippen LogP contribution in [0.5, 0.6) is 11.5 Å². The second-order valence-electron chi connectivity index (χ2n) is 5.98. The van der Waals surface area contributed by atoms with Crippen LogP contribution in [-0.2, 0) is 16.0 Å². The zero-order valence-electron chi connectivity index (χ0n) is 14.3. The molecule has 0 fully saturated rings. The van der Waals surface area contributed by atoms with E-state index < -0.39 is 12.0 Å². The summed E-state index contributed by atoms with van der Waals surface area (Å²) in [7, 11) is 0. The number of nitrogens with zero attached hydrogens (tertiary/aromatic N) is 1. The van der Waals surface area contributed by atoms with Crippen LogP contribution in [0.2, 0.25) is 0 Å². The third-order valence-electron chi connectivity index (χ3n) is 4.03. The van der Waals surface area contributed by atoms with Crippen LogP contribution in [-0.4, -0.2) is 29.5 Å². The Kier molecular flexibility index (Phi) is 4.88. The standard InChI is InChI=1S/C19H17N3O4S/c23-17(9-10-18-20-12-5-1-4-8-16(12)27-18)21-22-19(24)15-11-25-13-6-2-3-7-14(13)26-15/h1-8,15H,9-11H2,(H,21,23)(H,22,24). The number of amides is 2. The lowest BCUT2D eigenvalue weighted by atomic mass is 10.2. The molecular weight excluding hydrogens is 366 g/mol. The molecular formula is C19H17N3O4S. The maximum Gasteiger partial charge on any atom is 0.283 e.